The summed E-state index contributed by atoms with van der Waals surface area (Å²) in [5, 5.41) is 12.8. The van der Waals surface area contributed by atoms with Crippen LogP contribution < -0.4 is 10.1 Å². The van der Waals surface area contributed by atoms with Gasteiger partial charge in [0, 0.05) is 17.1 Å². The maximum absolute atomic E-state index is 12.3. The summed E-state index contributed by atoms with van der Waals surface area (Å²) >= 11 is 5.85. The molecule has 0 unspecified atom stereocenters. The first kappa shape index (κ1) is 14.5. The van der Waals surface area contributed by atoms with Gasteiger partial charge in [0.25, 0.3) is 0 Å². The van der Waals surface area contributed by atoms with Crippen LogP contribution in [0, 0.1) is 5.92 Å². The molecular weight excluding hydrogens is 276 g/mol. The van der Waals surface area contributed by atoms with Crippen molar-refractivity contribution in [3.63, 3.8) is 0 Å². The molecule has 106 valence electrons. The van der Waals surface area contributed by atoms with E-state index in [1.807, 2.05) is 0 Å². The minimum absolute atomic E-state index is 0.139. The average Bonchev–Trinajstić information content (AvgIpc) is 2.29. The van der Waals surface area contributed by atoms with Crippen LogP contribution in [0.25, 0.3) is 0 Å². The van der Waals surface area contributed by atoms with Crippen molar-refractivity contribution in [1.82, 2.24) is 5.32 Å². The molecule has 0 aliphatic heterocycles. The molecule has 1 aromatic rings. The van der Waals surface area contributed by atoms with Crippen LogP contribution in [-0.4, -0.2) is 24.4 Å². The maximum atomic E-state index is 12.3. The van der Waals surface area contributed by atoms with Crippen molar-refractivity contribution in [2.75, 3.05) is 6.54 Å². The van der Waals surface area contributed by atoms with Gasteiger partial charge in [0.1, 0.15) is 5.75 Å². The molecule has 0 amide bonds. The molecule has 1 aromatic carbocycles. The number of aliphatic hydroxyl groups excluding tert-OH is 1. The number of hydrogen-bond donors (Lipinski definition) is 2. The Morgan fingerprint density at radius 3 is 2.79 bits per heavy atom. The fraction of sp³-hybridized carbons (Fsp3) is 0.538. The summed E-state index contributed by atoms with van der Waals surface area (Å²) in [5.41, 5.74) is 0.604. The van der Waals surface area contributed by atoms with Crippen molar-refractivity contribution in [3.05, 3.63) is 28.8 Å². The van der Waals surface area contributed by atoms with Crippen molar-refractivity contribution in [1.29, 1.82) is 0 Å². The zero-order chi connectivity index (χ0) is 13.8. The lowest BCUT2D eigenvalue weighted by Gasteiger charge is -2.31. The van der Waals surface area contributed by atoms with Crippen molar-refractivity contribution < 1.29 is 18.6 Å². The number of nitrogens with one attached hydrogen (secondary N) is 1. The standard InChI is InChI=1S/C13H16ClF2NO2/c14-10-1-2-12(19-13(15)16)9(5-10)7-17-6-8-3-11(18)4-8/h1-2,5,8,11,13,17-18H,3-4,6-7H2. The Morgan fingerprint density at radius 1 is 1.42 bits per heavy atom. The molecular formula is C13H16ClF2NO2. The summed E-state index contributed by atoms with van der Waals surface area (Å²) in [6.45, 7) is -1.69. The Morgan fingerprint density at radius 2 is 2.16 bits per heavy atom. The molecule has 0 heterocycles. The Labute approximate surface area is 115 Å². The van der Waals surface area contributed by atoms with Gasteiger partial charge in [0.2, 0.25) is 0 Å². The van der Waals surface area contributed by atoms with Crippen LogP contribution in [0.4, 0.5) is 8.78 Å². The lowest BCUT2D eigenvalue weighted by Crippen LogP contribution is -2.35. The third-order valence-electron chi connectivity index (χ3n) is 3.20. The number of ether oxygens (including phenoxy) is 1. The molecule has 2 N–H and O–H groups in total. The molecule has 1 aliphatic rings. The van der Waals surface area contributed by atoms with Crippen LogP contribution in [0.3, 0.4) is 0 Å². The highest BCUT2D eigenvalue weighted by molar-refractivity contribution is 6.30. The normalized spacial score (nSPS) is 22.4. The smallest absolute Gasteiger partial charge is 0.387 e. The number of alkyl halides is 2. The number of aliphatic hydroxyl groups is 1. The molecule has 2 rings (SSSR count). The molecule has 1 saturated carbocycles. The van der Waals surface area contributed by atoms with Gasteiger partial charge in [-0.1, -0.05) is 11.6 Å². The largest absolute Gasteiger partial charge is 0.434 e. The van der Waals surface area contributed by atoms with Crippen LogP contribution in [-0.2, 0) is 6.54 Å². The number of benzene rings is 1. The van der Waals surface area contributed by atoms with Gasteiger partial charge in [0.15, 0.2) is 0 Å². The second-order valence-electron chi connectivity index (χ2n) is 4.75. The minimum atomic E-state index is -2.85. The van der Waals surface area contributed by atoms with Crippen LogP contribution in [0.1, 0.15) is 18.4 Å². The predicted molar refractivity (Wildman–Crippen MR) is 68.5 cm³/mol. The van der Waals surface area contributed by atoms with Gasteiger partial charge in [-0.05, 0) is 43.5 Å². The zero-order valence-corrected chi connectivity index (χ0v) is 11.0. The van der Waals surface area contributed by atoms with Gasteiger partial charge >= 0.3 is 6.61 Å². The highest BCUT2D eigenvalue weighted by Gasteiger charge is 2.26. The molecule has 0 bridgehead atoms. The molecule has 0 spiro atoms. The predicted octanol–water partition coefficient (Wildman–Crippen LogP) is 2.80. The van der Waals surface area contributed by atoms with Crippen LogP contribution in [0.2, 0.25) is 5.02 Å². The Kier molecular flexibility index (Phi) is 4.96. The van der Waals surface area contributed by atoms with Gasteiger partial charge in [-0.2, -0.15) is 8.78 Å². The van der Waals surface area contributed by atoms with Crippen LogP contribution in [0.5, 0.6) is 5.75 Å². The SMILES string of the molecule is OC1CC(CNCc2cc(Cl)ccc2OC(F)F)C1. The van der Waals surface area contributed by atoms with Gasteiger partial charge in [-0.25, -0.2) is 0 Å². The van der Waals surface area contributed by atoms with Gasteiger partial charge in [-0.15, -0.1) is 0 Å². The molecule has 1 fully saturated rings. The molecule has 0 saturated heterocycles. The highest BCUT2D eigenvalue weighted by Crippen LogP contribution is 2.27. The fourth-order valence-corrected chi connectivity index (χ4v) is 2.37. The molecule has 3 nitrogen and oxygen atoms in total. The van der Waals surface area contributed by atoms with E-state index in [9.17, 15) is 8.78 Å². The minimum Gasteiger partial charge on any atom is -0.434 e. The third kappa shape index (κ3) is 4.30. The average molecular weight is 292 g/mol. The van der Waals surface area contributed by atoms with E-state index in [-0.39, 0.29) is 11.9 Å². The molecule has 1 aliphatic carbocycles. The molecule has 19 heavy (non-hydrogen) atoms. The monoisotopic (exact) mass is 291 g/mol. The fourth-order valence-electron chi connectivity index (χ4n) is 2.18. The van der Waals surface area contributed by atoms with Crippen molar-refractivity contribution in [3.8, 4) is 5.75 Å². The van der Waals surface area contributed by atoms with Crippen LogP contribution >= 0.6 is 11.6 Å². The maximum Gasteiger partial charge on any atom is 0.387 e. The van der Waals surface area contributed by atoms with Gasteiger partial charge in [0.05, 0.1) is 6.10 Å². The summed E-state index contributed by atoms with van der Waals surface area (Å²) < 4.78 is 29.0. The summed E-state index contributed by atoms with van der Waals surface area (Å²) in [5.74, 6) is 0.592. The molecule has 6 heteroatoms. The first-order valence-electron chi connectivity index (χ1n) is 6.16. The second-order valence-corrected chi connectivity index (χ2v) is 5.19. The summed E-state index contributed by atoms with van der Waals surface area (Å²) in [6.07, 6.45) is 1.40. The van der Waals surface area contributed by atoms with E-state index >= 15 is 0 Å². The Bertz CT molecular complexity index is 425. The lowest BCUT2D eigenvalue weighted by molar-refractivity contribution is -0.0505. The first-order chi connectivity index (χ1) is 9.04. The first-order valence-corrected chi connectivity index (χ1v) is 6.54. The summed E-state index contributed by atoms with van der Waals surface area (Å²) in [4.78, 5) is 0. The van der Waals surface area contributed by atoms with Crippen molar-refractivity contribution in [2.24, 2.45) is 5.92 Å². The van der Waals surface area contributed by atoms with E-state index in [4.69, 9.17) is 16.7 Å². The highest BCUT2D eigenvalue weighted by atomic mass is 35.5. The van der Waals surface area contributed by atoms with Crippen molar-refractivity contribution in [2.45, 2.75) is 32.1 Å². The quantitative estimate of drug-likeness (QED) is 0.847. The van der Waals surface area contributed by atoms with E-state index in [1.165, 1.54) is 12.1 Å². The van der Waals surface area contributed by atoms with E-state index in [0.717, 1.165) is 19.4 Å². The number of hydrogen-bond acceptors (Lipinski definition) is 3. The number of rotatable bonds is 6. The van der Waals surface area contributed by atoms with Gasteiger partial charge in [-0.3, -0.25) is 0 Å². The number of halogens is 3. The molecule has 0 aromatic heterocycles. The summed E-state index contributed by atoms with van der Waals surface area (Å²) in [6, 6.07) is 4.57. The third-order valence-corrected chi connectivity index (χ3v) is 3.43. The second kappa shape index (κ2) is 6.50. The topological polar surface area (TPSA) is 41.5 Å². The lowest BCUT2D eigenvalue weighted by atomic mass is 9.82. The Hall–Kier alpha value is -0.910. The molecule has 0 atom stereocenters. The zero-order valence-electron chi connectivity index (χ0n) is 10.3. The van der Waals surface area contributed by atoms with E-state index in [0.29, 0.717) is 23.0 Å². The van der Waals surface area contributed by atoms with E-state index in [1.54, 1.807) is 6.07 Å². The molecule has 0 radical (unpaired) electrons. The van der Waals surface area contributed by atoms with Crippen molar-refractivity contribution >= 4 is 11.6 Å². The van der Waals surface area contributed by atoms with Gasteiger partial charge < -0.3 is 15.2 Å². The Balaban J connectivity index is 1.88. The van der Waals surface area contributed by atoms with E-state index < -0.39 is 6.61 Å². The van der Waals surface area contributed by atoms with Crippen LogP contribution in [0.15, 0.2) is 18.2 Å². The summed E-state index contributed by atoms with van der Waals surface area (Å²) in [7, 11) is 0. The van der Waals surface area contributed by atoms with E-state index in [2.05, 4.69) is 10.1 Å².